The van der Waals surface area contributed by atoms with Gasteiger partial charge in [-0.25, -0.2) is 0 Å². The maximum atomic E-state index is 5.75. The normalized spacial score (nSPS) is 9.86. The minimum Gasteiger partial charge on any atom is -0.399 e. The molecular formula is C26H24N2. The smallest absolute Gasteiger partial charge is 0.0314 e. The van der Waals surface area contributed by atoms with E-state index < -0.39 is 0 Å². The molecule has 138 valence electrons. The number of nitrogen functional groups attached to an aromatic ring is 2. The molecule has 0 aromatic heterocycles. The van der Waals surface area contributed by atoms with Crippen LogP contribution in [-0.2, 0) is 0 Å². The summed E-state index contributed by atoms with van der Waals surface area (Å²) in [5.41, 5.74) is 21.7. The van der Waals surface area contributed by atoms with Crippen LogP contribution in [0.3, 0.4) is 0 Å². The summed E-state index contributed by atoms with van der Waals surface area (Å²) < 4.78 is 0. The van der Waals surface area contributed by atoms with E-state index in [0.717, 1.165) is 33.6 Å². The van der Waals surface area contributed by atoms with Crippen LogP contribution in [0.4, 0.5) is 11.4 Å². The molecule has 0 aliphatic rings. The Hall–Kier alpha value is -3.62. The number of hydrogen-bond acceptors (Lipinski definition) is 2. The Morgan fingerprint density at radius 3 is 1.04 bits per heavy atom. The molecular weight excluding hydrogens is 340 g/mol. The van der Waals surface area contributed by atoms with Crippen molar-refractivity contribution in [2.75, 3.05) is 11.5 Å². The van der Waals surface area contributed by atoms with Gasteiger partial charge >= 0.3 is 0 Å². The number of hydrogen-bond donors (Lipinski definition) is 2. The largest absolute Gasteiger partial charge is 0.399 e. The first-order valence-electron chi connectivity index (χ1n) is 9.22. The van der Waals surface area contributed by atoms with Gasteiger partial charge in [0.25, 0.3) is 0 Å². The van der Waals surface area contributed by atoms with Crippen LogP contribution in [0.15, 0.2) is 48.5 Å². The molecule has 0 aliphatic heterocycles. The van der Waals surface area contributed by atoms with E-state index in [4.69, 9.17) is 11.5 Å². The van der Waals surface area contributed by atoms with Crippen molar-refractivity contribution in [3.05, 3.63) is 93.0 Å². The van der Waals surface area contributed by atoms with Crippen molar-refractivity contribution in [3.63, 3.8) is 0 Å². The molecule has 0 amide bonds. The zero-order chi connectivity index (χ0) is 20.3. The van der Waals surface area contributed by atoms with E-state index in [1.54, 1.807) is 0 Å². The third-order valence-electron chi connectivity index (χ3n) is 5.11. The fraction of sp³-hybridized carbons (Fsp3) is 0.154. The summed E-state index contributed by atoms with van der Waals surface area (Å²) in [6, 6.07) is 15.3. The van der Waals surface area contributed by atoms with E-state index in [1.807, 2.05) is 48.5 Å². The van der Waals surface area contributed by atoms with Gasteiger partial charge in [-0.3, -0.25) is 0 Å². The Kier molecular flexibility index (Phi) is 5.44. The second-order valence-corrected chi connectivity index (χ2v) is 6.99. The maximum Gasteiger partial charge on any atom is 0.0314 e. The van der Waals surface area contributed by atoms with Crippen molar-refractivity contribution in [1.82, 2.24) is 0 Å². The lowest BCUT2D eigenvalue weighted by Crippen LogP contribution is -2.01. The van der Waals surface area contributed by atoms with Crippen molar-refractivity contribution in [3.8, 4) is 23.7 Å². The summed E-state index contributed by atoms with van der Waals surface area (Å²) in [6.45, 7) is 8.46. The van der Waals surface area contributed by atoms with Crippen molar-refractivity contribution in [2.45, 2.75) is 27.7 Å². The lowest BCUT2D eigenvalue weighted by Gasteiger charge is -2.14. The van der Waals surface area contributed by atoms with Crippen LogP contribution < -0.4 is 11.5 Å². The average molecular weight is 364 g/mol. The first-order chi connectivity index (χ1) is 13.4. The fourth-order valence-corrected chi connectivity index (χ4v) is 3.09. The van der Waals surface area contributed by atoms with Gasteiger partial charge in [0.05, 0.1) is 0 Å². The molecule has 0 radical (unpaired) electrons. The number of anilines is 2. The Labute approximate surface area is 167 Å². The molecule has 0 spiro atoms. The SMILES string of the molecule is Cc1c(C)c(C#Cc2ccc(N)cc2)c(C)c(C)c1C#Cc1ccc(N)cc1. The van der Waals surface area contributed by atoms with Crippen molar-refractivity contribution in [1.29, 1.82) is 0 Å². The molecule has 0 unspecified atom stereocenters. The fourth-order valence-electron chi connectivity index (χ4n) is 3.09. The molecule has 0 aliphatic carbocycles. The summed E-state index contributed by atoms with van der Waals surface area (Å²) in [4.78, 5) is 0. The third kappa shape index (κ3) is 4.03. The molecule has 0 saturated heterocycles. The van der Waals surface area contributed by atoms with E-state index >= 15 is 0 Å². The van der Waals surface area contributed by atoms with E-state index in [0.29, 0.717) is 0 Å². The number of nitrogens with two attached hydrogens (primary N) is 2. The first kappa shape index (κ1) is 19.2. The highest BCUT2D eigenvalue weighted by Gasteiger charge is 2.12. The average Bonchev–Trinajstić information content (AvgIpc) is 2.69. The van der Waals surface area contributed by atoms with Gasteiger partial charge in [-0.2, -0.15) is 0 Å². The summed E-state index contributed by atoms with van der Waals surface area (Å²) in [5.74, 6) is 13.2. The molecule has 2 nitrogen and oxygen atoms in total. The van der Waals surface area contributed by atoms with E-state index in [-0.39, 0.29) is 0 Å². The standard InChI is InChI=1S/C26H24N2/c1-17-18(2)26(16-10-22-7-13-24(28)14-8-22)20(4)19(3)25(17)15-9-21-5-11-23(27)12-6-21/h5-8,11-14H,27-28H2,1-4H3. The molecule has 0 heterocycles. The lowest BCUT2D eigenvalue weighted by molar-refractivity contribution is 1.20. The highest BCUT2D eigenvalue weighted by molar-refractivity contribution is 5.63. The quantitative estimate of drug-likeness (QED) is 0.441. The van der Waals surface area contributed by atoms with Gasteiger partial charge in [0.15, 0.2) is 0 Å². The topological polar surface area (TPSA) is 52.0 Å². The van der Waals surface area contributed by atoms with Gasteiger partial charge in [0, 0.05) is 33.6 Å². The molecule has 28 heavy (non-hydrogen) atoms. The summed E-state index contributed by atoms with van der Waals surface area (Å²) in [6.07, 6.45) is 0. The Morgan fingerprint density at radius 1 is 0.464 bits per heavy atom. The molecule has 4 N–H and O–H groups in total. The van der Waals surface area contributed by atoms with Crippen LogP contribution in [0, 0.1) is 51.4 Å². The zero-order valence-corrected chi connectivity index (χ0v) is 16.8. The van der Waals surface area contributed by atoms with Crippen LogP contribution in [-0.4, -0.2) is 0 Å². The maximum absolute atomic E-state index is 5.75. The summed E-state index contributed by atoms with van der Waals surface area (Å²) in [7, 11) is 0. The number of benzene rings is 3. The molecule has 3 rings (SSSR count). The Bertz CT molecular complexity index is 1020. The van der Waals surface area contributed by atoms with Crippen LogP contribution in [0.2, 0.25) is 0 Å². The van der Waals surface area contributed by atoms with Gasteiger partial charge in [0.1, 0.15) is 0 Å². The van der Waals surface area contributed by atoms with Crippen LogP contribution in [0.5, 0.6) is 0 Å². The molecule has 0 fully saturated rings. The monoisotopic (exact) mass is 364 g/mol. The van der Waals surface area contributed by atoms with E-state index in [2.05, 4.69) is 51.4 Å². The van der Waals surface area contributed by atoms with Gasteiger partial charge < -0.3 is 11.5 Å². The lowest BCUT2D eigenvalue weighted by atomic mass is 9.89. The molecule has 0 saturated carbocycles. The van der Waals surface area contributed by atoms with Gasteiger partial charge in [-0.15, -0.1) is 0 Å². The Morgan fingerprint density at radius 2 is 0.750 bits per heavy atom. The Balaban J connectivity index is 2.03. The summed E-state index contributed by atoms with van der Waals surface area (Å²) in [5, 5.41) is 0. The molecule has 0 bridgehead atoms. The first-order valence-corrected chi connectivity index (χ1v) is 9.22. The highest BCUT2D eigenvalue weighted by atomic mass is 14.5. The minimum atomic E-state index is 0.744. The van der Waals surface area contributed by atoms with Gasteiger partial charge in [-0.1, -0.05) is 23.7 Å². The molecule has 3 aromatic carbocycles. The van der Waals surface area contributed by atoms with Gasteiger partial charge in [-0.05, 0) is 98.5 Å². The minimum absolute atomic E-state index is 0.744. The van der Waals surface area contributed by atoms with Crippen LogP contribution >= 0.6 is 0 Å². The van der Waals surface area contributed by atoms with Crippen LogP contribution in [0.25, 0.3) is 0 Å². The van der Waals surface area contributed by atoms with Crippen LogP contribution in [0.1, 0.15) is 44.5 Å². The van der Waals surface area contributed by atoms with E-state index in [9.17, 15) is 0 Å². The van der Waals surface area contributed by atoms with Gasteiger partial charge in [0.2, 0.25) is 0 Å². The second kappa shape index (κ2) is 7.95. The van der Waals surface area contributed by atoms with Crippen molar-refractivity contribution in [2.24, 2.45) is 0 Å². The summed E-state index contributed by atoms with van der Waals surface area (Å²) >= 11 is 0. The number of rotatable bonds is 0. The second-order valence-electron chi connectivity index (χ2n) is 6.99. The third-order valence-corrected chi connectivity index (χ3v) is 5.11. The van der Waals surface area contributed by atoms with Crippen molar-refractivity contribution < 1.29 is 0 Å². The molecule has 3 aromatic rings. The van der Waals surface area contributed by atoms with Crippen molar-refractivity contribution >= 4 is 11.4 Å². The predicted octanol–water partition coefficient (Wildman–Crippen LogP) is 4.88. The highest BCUT2D eigenvalue weighted by Crippen LogP contribution is 2.26. The molecule has 0 atom stereocenters. The van der Waals surface area contributed by atoms with E-state index in [1.165, 1.54) is 22.3 Å². The molecule has 2 heteroatoms. The zero-order valence-electron chi connectivity index (χ0n) is 16.8. The predicted molar refractivity (Wildman–Crippen MR) is 119 cm³/mol.